The summed E-state index contributed by atoms with van der Waals surface area (Å²) in [5.74, 6) is 0.500. The Kier molecular flexibility index (Phi) is 4.27. The van der Waals surface area contributed by atoms with E-state index >= 15 is 0 Å². The van der Waals surface area contributed by atoms with Gasteiger partial charge in [-0.3, -0.25) is 0 Å². The first kappa shape index (κ1) is 13.7. The number of nitrogens with zero attached hydrogens (tertiary/aromatic N) is 2. The van der Waals surface area contributed by atoms with Crippen LogP contribution in [-0.2, 0) is 6.54 Å². The van der Waals surface area contributed by atoms with E-state index in [1.165, 1.54) is 11.3 Å². The van der Waals surface area contributed by atoms with E-state index in [0.29, 0.717) is 17.4 Å². The quantitative estimate of drug-likeness (QED) is 0.926. The zero-order valence-electron chi connectivity index (χ0n) is 11.2. The van der Waals surface area contributed by atoms with E-state index in [0.717, 1.165) is 12.2 Å². The normalized spacial score (nSPS) is 10.5. The molecule has 0 unspecified atom stereocenters. The molecule has 0 fully saturated rings. The van der Waals surface area contributed by atoms with E-state index in [9.17, 15) is 0 Å². The first-order valence-electron chi connectivity index (χ1n) is 6.33. The number of hydrogen-bond donors (Lipinski definition) is 1. The second kappa shape index (κ2) is 5.93. The van der Waals surface area contributed by atoms with Gasteiger partial charge in [0.15, 0.2) is 0 Å². The maximum absolute atomic E-state index is 6.18. The van der Waals surface area contributed by atoms with Crippen molar-refractivity contribution in [3.63, 3.8) is 0 Å². The maximum Gasteiger partial charge on any atom is 0.123 e. The van der Waals surface area contributed by atoms with Crippen molar-refractivity contribution in [2.24, 2.45) is 0 Å². The molecule has 3 nitrogen and oxygen atoms in total. The molecular formula is C15H18ClN3. The molecule has 0 saturated heterocycles. The number of pyridine rings is 1. The highest BCUT2D eigenvalue weighted by Gasteiger charge is 2.11. The van der Waals surface area contributed by atoms with Gasteiger partial charge < -0.3 is 10.6 Å². The molecule has 0 amide bonds. The maximum atomic E-state index is 6.18. The molecule has 19 heavy (non-hydrogen) atoms. The van der Waals surface area contributed by atoms with Crippen LogP contribution in [0.1, 0.15) is 18.2 Å². The third kappa shape index (κ3) is 3.18. The molecule has 0 atom stereocenters. The molecule has 0 spiro atoms. The van der Waals surface area contributed by atoms with Crippen LogP contribution in [0.5, 0.6) is 0 Å². The average Bonchev–Trinajstić information content (AvgIpc) is 2.41. The van der Waals surface area contributed by atoms with E-state index in [-0.39, 0.29) is 0 Å². The number of halogens is 1. The van der Waals surface area contributed by atoms with Crippen molar-refractivity contribution in [2.45, 2.75) is 20.4 Å². The Labute approximate surface area is 119 Å². The van der Waals surface area contributed by atoms with Crippen LogP contribution >= 0.6 is 11.6 Å². The zero-order chi connectivity index (χ0) is 13.8. The summed E-state index contributed by atoms with van der Waals surface area (Å²) in [6.07, 6.45) is 0. The highest BCUT2D eigenvalue weighted by atomic mass is 35.5. The fraction of sp³-hybridized carbons (Fsp3) is 0.267. The van der Waals surface area contributed by atoms with Gasteiger partial charge in [0.2, 0.25) is 0 Å². The SMILES string of the molecule is CCN(Cc1nc(N)ccc1Cl)c1ccccc1C. The Bertz CT molecular complexity index is 569. The largest absolute Gasteiger partial charge is 0.384 e. The molecule has 2 aromatic rings. The molecule has 2 rings (SSSR count). The number of rotatable bonds is 4. The van der Waals surface area contributed by atoms with Gasteiger partial charge >= 0.3 is 0 Å². The molecule has 100 valence electrons. The molecule has 4 heteroatoms. The second-order valence-corrected chi connectivity index (χ2v) is 4.87. The summed E-state index contributed by atoms with van der Waals surface area (Å²) in [6.45, 7) is 5.77. The fourth-order valence-electron chi connectivity index (χ4n) is 2.08. The molecular weight excluding hydrogens is 258 g/mol. The van der Waals surface area contributed by atoms with Crippen molar-refractivity contribution in [3.8, 4) is 0 Å². The third-order valence-electron chi connectivity index (χ3n) is 3.12. The summed E-state index contributed by atoms with van der Waals surface area (Å²) >= 11 is 6.18. The van der Waals surface area contributed by atoms with Gasteiger partial charge in [0, 0.05) is 12.2 Å². The summed E-state index contributed by atoms with van der Waals surface area (Å²) in [7, 11) is 0. The van der Waals surface area contributed by atoms with Gasteiger partial charge in [-0.05, 0) is 37.6 Å². The van der Waals surface area contributed by atoms with E-state index < -0.39 is 0 Å². The lowest BCUT2D eigenvalue weighted by atomic mass is 10.1. The van der Waals surface area contributed by atoms with Gasteiger partial charge in [-0.1, -0.05) is 29.8 Å². The van der Waals surface area contributed by atoms with Crippen molar-refractivity contribution in [1.29, 1.82) is 0 Å². The van der Waals surface area contributed by atoms with Crippen LogP contribution in [0.25, 0.3) is 0 Å². The molecule has 1 heterocycles. The highest BCUT2D eigenvalue weighted by Crippen LogP contribution is 2.23. The minimum absolute atomic E-state index is 0.500. The lowest BCUT2D eigenvalue weighted by molar-refractivity contribution is 0.808. The van der Waals surface area contributed by atoms with E-state index in [1.54, 1.807) is 12.1 Å². The third-order valence-corrected chi connectivity index (χ3v) is 3.46. The Morgan fingerprint density at radius 1 is 1.21 bits per heavy atom. The van der Waals surface area contributed by atoms with Gasteiger partial charge in [0.05, 0.1) is 17.3 Å². The Balaban J connectivity index is 2.29. The monoisotopic (exact) mass is 275 g/mol. The summed E-state index contributed by atoms with van der Waals surface area (Å²) in [4.78, 5) is 6.56. The van der Waals surface area contributed by atoms with Crippen LogP contribution in [0.2, 0.25) is 5.02 Å². The number of benzene rings is 1. The topological polar surface area (TPSA) is 42.2 Å². The van der Waals surface area contributed by atoms with Gasteiger partial charge in [0.1, 0.15) is 5.82 Å². The molecule has 0 radical (unpaired) electrons. The summed E-state index contributed by atoms with van der Waals surface area (Å²) in [5, 5.41) is 0.654. The van der Waals surface area contributed by atoms with Gasteiger partial charge in [0.25, 0.3) is 0 Å². The summed E-state index contributed by atoms with van der Waals surface area (Å²) in [6, 6.07) is 11.8. The van der Waals surface area contributed by atoms with Crippen LogP contribution in [0.4, 0.5) is 11.5 Å². The van der Waals surface area contributed by atoms with Gasteiger partial charge in [-0.2, -0.15) is 0 Å². The number of nitrogens with two attached hydrogens (primary N) is 1. The Hall–Kier alpha value is -1.74. The second-order valence-electron chi connectivity index (χ2n) is 4.47. The van der Waals surface area contributed by atoms with Crippen LogP contribution in [0.3, 0.4) is 0 Å². The van der Waals surface area contributed by atoms with Crippen molar-refractivity contribution in [2.75, 3.05) is 17.2 Å². The highest BCUT2D eigenvalue weighted by molar-refractivity contribution is 6.31. The first-order chi connectivity index (χ1) is 9.11. The van der Waals surface area contributed by atoms with Crippen molar-refractivity contribution >= 4 is 23.1 Å². The van der Waals surface area contributed by atoms with Gasteiger partial charge in [-0.15, -0.1) is 0 Å². The summed E-state index contributed by atoms with van der Waals surface area (Å²) in [5.41, 5.74) is 8.98. The minimum Gasteiger partial charge on any atom is -0.384 e. The van der Waals surface area contributed by atoms with E-state index in [1.807, 2.05) is 12.1 Å². The van der Waals surface area contributed by atoms with Crippen molar-refractivity contribution in [3.05, 3.63) is 52.7 Å². The molecule has 0 aliphatic carbocycles. The van der Waals surface area contributed by atoms with Crippen molar-refractivity contribution < 1.29 is 0 Å². The minimum atomic E-state index is 0.500. The molecule has 0 bridgehead atoms. The van der Waals surface area contributed by atoms with Crippen LogP contribution in [-0.4, -0.2) is 11.5 Å². The van der Waals surface area contributed by atoms with Crippen LogP contribution in [0, 0.1) is 6.92 Å². The molecule has 0 saturated carbocycles. The Morgan fingerprint density at radius 3 is 2.63 bits per heavy atom. The van der Waals surface area contributed by atoms with Crippen LogP contribution < -0.4 is 10.6 Å². The summed E-state index contributed by atoms with van der Waals surface area (Å²) < 4.78 is 0. The molecule has 1 aromatic carbocycles. The van der Waals surface area contributed by atoms with Gasteiger partial charge in [-0.25, -0.2) is 4.98 Å². The average molecular weight is 276 g/mol. The zero-order valence-corrected chi connectivity index (χ0v) is 12.0. The lowest BCUT2D eigenvalue weighted by Crippen LogP contribution is -2.23. The molecule has 2 N–H and O–H groups in total. The van der Waals surface area contributed by atoms with E-state index in [4.69, 9.17) is 17.3 Å². The molecule has 1 aromatic heterocycles. The predicted molar refractivity (Wildman–Crippen MR) is 81.6 cm³/mol. The smallest absolute Gasteiger partial charge is 0.123 e. The van der Waals surface area contributed by atoms with Crippen LogP contribution in [0.15, 0.2) is 36.4 Å². The fourth-order valence-corrected chi connectivity index (χ4v) is 2.24. The molecule has 0 aliphatic rings. The van der Waals surface area contributed by atoms with E-state index in [2.05, 4.69) is 35.9 Å². The Morgan fingerprint density at radius 2 is 1.95 bits per heavy atom. The number of aromatic nitrogens is 1. The standard InChI is InChI=1S/C15H18ClN3/c1-3-19(14-7-5-4-6-11(14)2)10-13-12(16)8-9-15(17)18-13/h4-9H,3,10H2,1-2H3,(H2,17,18). The number of para-hydroxylation sites is 1. The first-order valence-corrected chi connectivity index (χ1v) is 6.71. The number of anilines is 2. The molecule has 0 aliphatic heterocycles. The number of aryl methyl sites for hydroxylation is 1. The van der Waals surface area contributed by atoms with Crippen molar-refractivity contribution in [1.82, 2.24) is 4.98 Å². The number of nitrogen functional groups attached to an aromatic ring is 1. The lowest BCUT2D eigenvalue weighted by Gasteiger charge is -2.25. The number of hydrogen-bond acceptors (Lipinski definition) is 3. The predicted octanol–water partition coefficient (Wildman–Crippen LogP) is 3.65.